The zero-order valence-corrected chi connectivity index (χ0v) is 21.1. The summed E-state index contributed by atoms with van der Waals surface area (Å²) >= 11 is 0. The van der Waals surface area contributed by atoms with Gasteiger partial charge in [-0.3, -0.25) is 9.59 Å². The molecule has 3 aromatic rings. The highest BCUT2D eigenvalue weighted by Gasteiger charge is 2.28. The van der Waals surface area contributed by atoms with Gasteiger partial charge < -0.3 is 25.8 Å². The van der Waals surface area contributed by atoms with Crippen molar-refractivity contribution in [3.05, 3.63) is 102 Å². The van der Waals surface area contributed by atoms with Crippen LogP contribution >= 0.6 is 0 Å². The fraction of sp³-hybridized carbons (Fsp3) is 0.276. The lowest BCUT2D eigenvalue weighted by atomic mass is 10.0. The molecule has 37 heavy (non-hydrogen) atoms. The van der Waals surface area contributed by atoms with Gasteiger partial charge in [-0.1, -0.05) is 86.6 Å². The molecule has 0 unspecified atom stereocenters. The summed E-state index contributed by atoms with van der Waals surface area (Å²) in [7, 11) is 0. The maximum absolute atomic E-state index is 13.0. The molecule has 3 rings (SSSR count). The van der Waals surface area contributed by atoms with Gasteiger partial charge in [0.05, 0.1) is 0 Å². The summed E-state index contributed by atoms with van der Waals surface area (Å²) in [5.41, 5.74) is 8.23. The Morgan fingerprint density at radius 3 is 1.97 bits per heavy atom. The van der Waals surface area contributed by atoms with E-state index < -0.39 is 30.0 Å². The fourth-order valence-corrected chi connectivity index (χ4v) is 3.65. The quantitative estimate of drug-likeness (QED) is 0.348. The Morgan fingerprint density at radius 1 is 0.784 bits per heavy atom. The zero-order valence-electron chi connectivity index (χ0n) is 21.1. The van der Waals surface area contributed by atoms with E-state index in [0.29, 0.717) is 12.4 Å². The van der Waals surface area contributed by atoms with Crippen molar-refractivity contribution in [1.29, 1.82) is 0 Å². The molecule has 0 saturated heterocycles. The first-order valence-corrected chi connectivity index (χ1v) is 12.1. The molecule has 8 heteroatoms. The highest BCUT2D eigenvalue weighted by Crippen LogP contribution is 2.17. The minimum atomic E-state index is -0.972. The van der Waals surface area contributed by atoms with Gasteiger partial charge in [0, 0.05) is 6.42 Å². The Morgan fingerprint density at radius 2 is 1.38 bits per heavy atom. The van der Waals surface area contributed by atoms with Crippen molar-refractivity contribution in [1.82, 2.24) is 10.6 Å². The molecule has 0 aliphatic carbocycles. The number of amides is 3. The molecule has 0 saturated carbocycles. The van der Waals surface area contributed by atoms with E-state index in [1.165, 1.54) is 0 Å². The smallest absolute Gasteiger partial charge is 0.408 e. The molecule has 0 aliphatic rings. The number of benzene rings is 3. The van der Waals surface area contributed by atoms with E-state index in [9.17, 15) is 14.4 Å². The second-order valence-electron chi connectivity index (χ2n) is 9.02. The number of alkyl carbamates (subject to hydrolysis) is 1. The summed E-state index contributed by atoms with van der Waals surface area (Å²) in [5, 5.41) is 5.27. The van der Waals surface area contributed by atoms with E-state index in [1.807, 2.05) is 84.9 Å². The average Bonchev–Trinajstić information content (AvgIpc) is 2.90. The third-order valence-electron chi connectivity index (χ3n) is 5.68. The number of hydrogen-bond acceptors (Lipinski definition) is 5. The van der Waals surface area contributed by atoms with Crippen molar-refractivity contribution in [2.45, 2.75) is 45.6 Å². The van der Waals surface area contributed by atoms with Crippen LogP contribution in [0.5, 0.6) is 5.75 Å². The summed E-state index contributed by atoms with van der Waals surface area (Å²) in [5.74, 6) is -0.823. The summed E-state index contributed by atoms with van der Waals surface area (Å²) in [6.45, 7) is 4.05. The van der Waals surface area contributed by atoms with Gasteiger partial charge in [0.15, 0.2) is 0 Å². The Bertz CT molecular complexity index is 1170. The number of rotatable bonds is 12. The maximum atomic E-state index is 13.0. The zero-order chi connectivity index (χ0) is 26.6. The topological polar surface area (TPSA) is 120 Å². The van der Waals surface area contributed by atoms with Crippen molar-refractivity contribution in [3.8, 4) is 5.75 Å². The van der Waals surface area contributed by atoms with Gasteiger partial charge >= 0.3 is 6.09 Å². The second kappa shape index (κ2) is 13.7. The second-order valence-corrected chi connectivity index (χ2v) is 9.02. The molecule has 3 amide bonds. The lowest BCUT2D eigenvalue weighted by Crippen LogP contribution is -2.55. The predicted octanol–water partition coefficient (Wildman–Crippen LogP) is 3.73. The number of nitrogens with two attached hydrogens (primary N) is 1. The number of carbonyl (C=O) groups is 3. The summed E-state index contributed by atoms with van der Waals surface area (Å²) in [6.07, 6.45) is -0.552. The minimum absolute atomic E-state index is 0.0751. The first-order valence-electron chi connectivity index (χ1n) is 12.1. The van der Waals surface area contributed by atoms with Gasteiger partial charge in [-0.2, -0.15) is 0 Å². The van der Waals surface area contributed by atoms with E-state index in [2.05, 4.69) is 10.6 Å². The molecule has 0 aliphatic heterocycles. The van der Waals surface area contributed by atoms with Crippen molar-refractivity contribution in [3.63, 3.8) is 0 Å². The van der Waals surface area contributed by atoms with Crippen LogP contribution < -0.4 is 21.1 Å². The molecule has 4 N–H and O–H groups in total. The van der Waals surface area contributed by atoms with Gasteiger partial charge in [-0.15, -0.1) is 0 Å². The van der Waals surface area contributed by atoms with E-state index in [1.54, 1.807) is 13.8 Å². The van der Waals surface area contributed by atoms with Crippen LogP contribution in [0.4, 0.5) is 4.79 Å². The van der Waals surface area contributed by atoms with E-state index in [-0.39, 0.29) is 18.9 Å². The largest absolute Gasteiger partial charge is 0.489 e. The predicted molar refractivity (Wildman–Crippen MR) is 140 cm³/mol. The molecular formula is C29H33N3O5. The van der Waals surface area contributed by atoms with Gasteiger partial charge in [0.25, 0.3) is 0 Å². The van der Waals surface area contributed by atoms with Crippen LogP contribution in [0.1, 0.15) is 30.5 Å². The summed E-state index contributed by atoms with van der Waals surface area (Å²) in [6, 6.07) is 24.4. The van der Waals surface area contributed by atoms with Crippen LogP contribution in [0.25, 0.3) is 0 Å². The molecule has 0 radical (unpaired) electrons. The molecule has 0 aromatic heterocycles. The SMILES string of the molecule is CC(C)[C@H](NC(=O)OCc1ccccc1)C(=O)N[C@@H](Cc1cccc(OCc2ccccc2)c1)C(N)=O. The van der Waals surface area contributed by atoms with Crippen LogP contribution in [-0.2, 0) is 34.0 Å². The van der Waals surface area contributed by atoms with E-state index in [0.717, 1.165) is 16.7 Å². The molecule has 194 valence electrons. The average molecular weight is 504 g/mol. The molecule has 0 heterocycles. The molecular weight excluding hydrogens is 470 g/mol. The minimum Gasteiger partial charge on any atom is -0.489 e. The fourth-order valence-electron chi connectivity index (χ4n) is 3.65. The van der Waals surface area contributed by atoms with Crippen LogP contribution in [0.2, 0.25) is 0 Å². The lowest BCUT2D eigenvalue weighted by Gasteiger charge is -2.24. The Labute approximate surface area is 217 Å². The first-order chi connectivity index (χ1) is 17.8. The molecule has 0 spiro atoms. The molecule has 3 aromatic carbocycles. The van der Waals surface area contributed by atoms with Crippen LogP contribution in [0, 0.1) is 5.92 Å². The first kappa shape index (κ1) is 27.3. The number of carbonyl (C=O) groups excluding carboxylic acids is 3. The standard InChI is InChI=1S/C29H33N3O5/c1-20(2)26(32-29(35)37-19-22-12-7-4-8-13-22)28(34)31-25(27(30)33)17-23-14-9-15-24(16-23)36-18-21-10-5-3-6-11-21/h3-16,20,25-26H,17-19H2,1-2H3,(H2,30,33)(H,31,34)(H,32,35)/t25-,26-/m0/s1. The third kappa shape index (κ3) is 9.00. The van der Waals surface area contributed by atoms with Crippen molar-refractivity contribution < 1.29 is 23.9 Å². The van der Waals surface area contributed by atoms with E-state index in [4.69, 9.17) is 15.2 Å². The summed E-state index contributed by atoms with van der Waals surface area (Å²) in [4.78, 5) is 37.5. The Hall–Kier alpha value is -4.33. The van der Waals surface area contributed by atoms with Crippen molar-refractivity contribution in [2.75, 3.05) is 0 Å². The van der Waals surface area contributed by atoms with Gasteiger partial charge in [0.1, 0.15) is 31.0 Å². The normalized spacial score (nSPS) is 12.3. The Balaban J connectivity index is 1.58. The highest BCUT2D eigenvalue weighted by molar-refractivity contribution is 5.91. The van der Waals surface area contributed by atoms with Crippen molar-refractivity contribution >= 4 is 17.9 Å². The van der Waals surface area contributed by atoms with Gasteiger partial charge in [-0.25, -0.2) is 4.79 Å². The molecule has 8 nitrogen and oxygen atoms in total. The third-order valence-corrected chi connectivity index (χ3v) is 5.68. The maximum Gasteiger partial charge on any atom is 0.408 e. The number of primary amides is 1. The molecule has 0 fully saturated rings. The van der Waals surface area contributed by atoms with Crippen LogP contribution in [0.3, 0.4) is 0 Å². The monoisotopic (exact) mass is 503 g/mol. The van der Waals surface area contributed by atoms with Crippen LogP contribution in [0.15, 0.2) is 84.9 Å². The number of nitrogens with one attached hydrogen (secondary N) is 2. The highest BCUT2D eigenvalue weighted by atomic mass is 16.5. The number of hydrogen-bond donors (Lipinski definition) is 3. The Kier molecular flexibility index (Phi) is 10.1. The van der Waals surface area contributed by atoms with Crippen LogP contribution in [-0.4, -0.2) is 30.0 Å². The summed E-state index contributed by atoms with van der Waals surface area (Å²) < 4.78 is 11.1. The van der Waals surface area contributed by atoms with Gasteiger partial charge in [-0.05, 0) is 34.7 Å². The van der Waals surface area contributed by atoms with Gasteiger partial charge in [0.2, 0.25) is 11.8 Å². The molecule has 0 bridgehead atoms. The lowest BCUT2D eigenvalue weighted by molar-refractivity contribution is -0.129. The van der Waals surface area contributed by atoms with Crippen molar-refractivity contribution in [2.24, 2.45) is 11.7 Å². The number of ether oxygens (including phenoxy) is 2. The van der Waals surface area contributed by atoms with E-state index >= 15 is 0 Å². The molecule has 2 atom stereocenters.